The first-order chi connectivity index (χ1) is 13.4. The molecule has 1 aliphatic rings. The summed E-state index contributed by atoms with van der Waals surface area (Å²) in [5.41, 5.74) is 3.39. The molecule has 0 radical (unpaired) electrons. The van der Waals surface area contributed by atoms with Crippen LogP contribution in [0.5, 0.6) is 0 Å². The molecule has 28 heavy (non-hydrogen) atoms. The molecule has 0 spiro atoms. The lowest BCUT2D eigenvalue weighted by Gasteiger charge is -2.02. The van der Waals surface area contributed by atoms with E-state index in [-0.39, 0.29) is 11.9 Å². The summed E-state index contributed by atoms with van der Waals surface area (Å²) < 4.78 is 20.6. The standard InChI is InChI=1S/C10H10BrClN4.C8H8BFO2/c1-2-16-9(11)7(5-15-16)3-8-4-13-6-14-10(8)12;1-5-7-3-2-6(10)4-8(7)9(11)12-5/h4-6H,2-3H2,1H3;2-5,11H,1H3. The van der Waals surface area contributed by atoms with Crippen molar-refractivity contribution < 1.29 is 14.1 Å². The number of hydrogen-bond acceptors (Lipinski definition) is 5. The van der Waals surface area contributed by atoms with Gasteiger partial charge in [-0.05, 0) is 52.9 Å². The molecular formula is C18H18BBrClFN4O2. The van der Waals surface area contributed by atoms with Crippen molar-refractivity contribution >= 4 is 40.1 Å². The highest BCUT2D eigenvalue weighted by Gasteiger charge is 2.32. The van der Waals surface area contributed by atoms with Gasteiger partial charge in [-0.3, -0.25) is 4.68 Å². The smallest absolute Gasteiger partial charge is 0.423 e. The van der Waals surface area contributed by atoms with E-state index in [0.29, 0.717) is 17.0 Å². The molecule has 0 saturated carbocycles. The summed E-state index contributed by atoms with van der Waals surface area (Å²) in [6.45, 7) is 4.70. The second kappa shape index (κ2) is 9.13. The van der Waals surface area contributed by atoms with Gasteiger partial charge in [-0.2, -0.15) is 5.10 Å². The topological polar surface area (TPSA) is 73.1 Å². The highest BCUT2D eigenvalue weighted by Crippen LogP contribution is 2.23. The van der Waals surface area contributed by atoms with Crippen molar-refractivity contribution in [2.45, 2.75) is 32.9 Å². The fourth-order valence-electron chi connectivity index (χ4n) is 2.89. The van der Waals surface area contributed by atoms with E-state index < -0.39 is 7.12 Å². The van der Waals surface area contributed by atoms with Gasteiger partial charge in [0.15, 0.2) is 0 Å². The Kier molecular flexibility index (Phi) is 6.82. The maximum Gasteiger partial charge on any atom is 0.492 e. The average Bonchev–Trinajstić information content (AvgIpc) is 3.16. The molecule has 0 bridgehead atoms. The molecule has 10 heteroatoms. The molecule has 1 unspecified atom stereocenters. The van der Waals surface area contributed by atoms with Gasteiger partial charge in [-0.25, -0.2) is 14.4 Å². The van der Waals surface area contributed by atoms with Crippen LogP contribution >= 0.6 is 27.5 Å². The molecule has 3 aromatic rings. The van der Waals surface area contributed by atoms with Gasteiger partial charge in [0.1, 0.15) is 21.9 Å². The molecule has 1 aliphatic heterocycles. The van der Waals surface area contributed by atoms with E-state index in [0.717, 1.165) is 27.8 Å². The van der Waals surface area contributed by atoms with Crippen LogP contribution in [-0.2, 0) is 17.6 Å². The van der Waals surface area contributed by atoms with Gasteiger partial charge in [-0.1, -0.05) is 17.7 Å². The molecule has 6 nitrogen and oxygen atoms in total. The number of rotatable bonds is 3. The first kappa shape index (κ1) is 20.9. The van der Waals surface area contributed by atoms with Crippen LogP contribution in [0.3, 0.4) is 0 Å². The summed E-state index contributed by atoms with van der Waals surface area (Å²) in [5.74, 6) is -0.342. The van der Waals surface area contributed by atoms with E-state index in [4.69, 9.17) is 16.3 Å². The number of halogens is 3. The summed E-state index contributed by atoms with van der Waals surface area (Å²) in [6, 6.07) is 4.33. The van der Waals surface area contributed by atoms with Crippen LogP contribution in [-0.4, -0.2) is 31.9 Å². The molecule has 0 aliphatic carbocycles. The highest BCUT2D eigenvalue weighted by molar-refractivity contribution is 9.10. The van der Waals surface area contributed by atoms with Crippen molar-refractivity contribution in [3.8, 4) is 0 Å². The van der Waals surface area contributed by atoms with Gasteiger partial charge in [0, 0.05) is 30.3 Å². The van der Waals surface area contributed by atoms with E-state index >= 15 is 0 Å². The molecule has 4 rings (SSSR count). The lowest BCUT2D eigenvalue weighted by molar-refractivity contribution is 0.209. The predicted octanol–water partition coefficient (Wildman–Crippen LogP) is 3.30. The maximum atomic E-state index is 12.7. The zero-order valence-corrected chi connectivity index (χ0v) is 17.7. The fourth-order valence-corrected chi connectivity index (χ4v) is 3.63. The van der Waals surface area contributed by atoms with Crippen LogP contribution in [0.25, 0.3) is 0 Å². The normalized spacial score (nSPS) is 15.2. The molecule has 1 aromatic carbocycles. The minimum Gasteiger partial charge on any atom is -0.423 e. The molecule has 0 fully saturated rings. The molecule has 146 valence electrons. The van der Waals surface area contributed by atoms with Crippen molar-refractivity contribution in [2.75, 3.05) is 0 Å². The number of hydrogen-bond donors (Lipinski definition) is 1. The van der Waals surface area contributed by atoms with Gasteiger partial charge in [0.2, 0.25) is 0 Å². The van der Waals surface area contributed by atoms with Gasteiger partial charge < -0.3 is 9.68 Å². The number of benzene rings is 1. The van der Waals surface area contributed by atoms with E-state index in [1.165, 1.54) is 18.5 Å². The lowest BCUT2D eigenvalue weighted by atomic mass is 9.79. The predicted molar refractivity (Wildman–Crippen MR) is 109 cm³/mol. The van der Waals surface area contributed by atoms with E-state index in [2.05, 4.69) is 31.0 Å². The Morgan fingerprint density at radius 1 is 1.36 bits per heavy atom. The molecule has 1 atom stereocenters. The van der Waals surface area contributed by atoms with Crippen molar-refractivity contribution in [2.24, 2.45) is 0 Å². The van der Waals surface area contributed by atoms with Crippen molar-refractivity contribution in [1.82, 2.24) is 19.7 Å². The SMILES string of the molecule is CC1OB(O)c2cc(F)ccc21.CCn1ncc(Cc2cncnc2Cl)c1Br. The Hall–Kier alpha value is -1.81. The Morgan fingerprint density at radius 3 is 2.82 bits per heavy atom. The number of fused-ring (bicyclic) bond motifs is 1. The summed E-state index contributed by atoms with van der Waals surface area (Å²) in [5, 5.41) is 14.0. The maximum absolute atomic E-state index is 12.7. The Balaban J connectivity index is 0.000000167. The molecule has 0 saturated heterocycles. The van der Waals surface area contributed by atoms with Gasteiger partial charge >= 0.3 is 7.12 Å². The summed E-state index contributed by atoms with van der Waals surface area (Å²) in [7, 11) is -0.967. The van der Waals surface area contributed by atoms with Crippen LogP contribution < -0.4 is 5.46 Å². The molecule has 0 amide bonds. The number of nitrogens with zero attached hydrogens (tertiary/aromatic N) is 4. The van der Waals surface area contributed by atoms with Gasteiger partial charge in [0.05, 0.1) is 12.3 Å². The third kappa shape index (κ3) is 4.60. The van der Waals surface area contributed by atoms with Gasteiger partial charge in [-0.15, -0.1) is 0 Å². The zero-order chi connectivity index (χ0) is 20.3. The number of aromatic nitrogens is 4. The Bertz CT molecular complexity index is 975. The summed E-state index contributed by atoms with van der Waals surface area (Å²) in [6.07, 6.45) is 5.54. The minimum atomic E-state index is -0.967. The second-order valence-electron chi connectivity index (χ2n) is 6.20. The first-order valence-electron chi connectivity index (χ1n) is 8.68. The Labute approximate surface area is 176 Å². The van der Waals surface area contributed by atoms with Crippen LogP contribution in [0.15, 0.2) is 41.5 Å². The monoisotopic (exact) mass is 466 g/mol. The van der Waals surface area contributed by atoms with E-state index in [9.17, 15) is 9.41 Å². The fraction of sp³-hybridized carbons (Fsp3) is 0.278. The van der Waals surface area contributed by atoms with Crippen molar-refractivity contribution in [3.63, 3.8) is 0 Å². The lowest BCUT2D eigenvalue weighted by Crippen LogP contribution is -2.28. The van der Waals surface area contributed by atoms with Gasteiger partial charge in [0.25, 0.3) is 0 Å². The average molecular weight is 468 g/mol. The van der Waals surface area contributed by atoms with E-state index in [1.54, 1.807) is 12.3 Å². The second-order valence-corrected chi connectivity index (χ2v) is 7.31. The third-order valence-corrected chi connectivity index (χ3v) is 5.60. The van der Waals surface area contributed by atoms with Crippen LogP contribution in [0, 0.1) is 5.82 Å². The van der Waals surface area contributed by atoms with Crippen LogP contribution in [0.4, 0.5) is 4.39 Å². The van der Waals surface area contributed by atoms with Crippen LogP contribution in [0.2, 0.25) is 5.15 Å². The van der Waals surface area contributed by atoms with Crippen molar-refractivity contribution in [3.05, 3.63) is 69.2 Å². The summed E-state index contributed by atoms with van der Waals surface area (Å²) >= 11 is 9.48. The molecule has 3 heterocycles. The number of aryl methyl sites for hydroxylation is 1. The third-order valence-electron chi connectivity index (χ3n) is 4.34. The molecule has 1 N–H and O–H groups in total. The molecule has 2 aromatic heterocycles. The van der Waals surface area contributed by atoms with Crippen molar-refractivity contribution in [1.29, 1.82) is 0 Å². The van der Waals surface area contributed by atoms with E-state index in [1.807, 2.05) is 24.7 Å². The summed E-state index contributed by atoms with van der Waals surface area (Å²) in [4.78, 5) is 7.90. The highest BCUT2D eigenvalue weighted by atomic mass is 79.9. The Morgan fingerprint density at radius 2 is 2.14 bits per heavy atom. The molecular weight excluding hydrogens is 449 g/mol. The first-order valence-corrected chi connectivity index (χ1v) is 9.85. The largest absolute Gasteiger partial charge is 0.492 e. The minimum absolute atomic E-state index is 0.143. The zero-order valence-electron chi connectivity index (χ0n) is 15.3. The quantitative estimate of drug-likeness (QED) is 0.473. The van der Waals surface area contributed by atoms with Crippen LogP contribution in [0.1, 0.15) is 36.6 Å².